The Morgan fingerprint density at radius 2 is 1.84 bits per heavy atom. The molecule has 6 heteroatoms. The number of para-hydroxylation sites is 1. The zero-order valence-corrected chi connectivity index (χ0v) is 14.2. The summed E-state index contributed by atoms with van der Waals surface area (Å²) in [6.45, 7) is 2.85. The molecular formula is C19H23F3N2O. The molecule has 1 saturated heterocycles. The maximum absolute atomic E-state index is 12.5. The number of anilines is 1. The number of halogens is 3. The summed E-state index contributed by atoms with van der Waals surface area (Å²) in [5.41, 5.74) is 2.59. The van der Waals surface area contributed by atoms with Crippen LogP contribution in [0, 0.1) is 5.92 Å². The third kappa shape index (κ3) is 3.35. The molecule has 1 aliphatic carbocycles. The number of carbonyl (C=O) groups is 1. The van der Waals surface area contributed by atoms with E-state index < -0.39 is 18.5 Å². The molecule has 2 aliphatic heterocycles. The van der Waals surface area contributed by atoms with E-state index in [1.807, 2.05) is 6.07 Å². The van der Waals surface area contributed by atoms with E-state index in [0.717, 1.165) is 31.8 Å². The first kappa shape index (κ1) is 16.7. The molecule has 3 aliphatic rings. The highest BCUT2D eigenvalue weighted by atomic mass is 19.4. The van der Waals surface area contributed by atoms with E-state index in [0.29, 0.717) is 13.1 Å². The minimum Gasteiger partial charge on any atom is -0.370 e. The molecule has 0 N–H and O–H groups in total. The molecule has 1 aromatic rings. The molecule has 1 saturated carbocycles. The third-order valence-electron chi connectivity index (χ3n) is 5.91. The highest BCUT2D eigenvalue weighted by molar-refractivity contribution is 5.77. The molecule has 3 nitrogen and oxygen atoms in total. The van der Waals surface area contributed by atoms with Gasteiger partial charge in [-0.1, -0.05) is 18.2 Å². The second-order valence-electron chi connectivity index (χ2n) is 7.79. The molecule has 136 valence electrons. The summed E-state index contributed by atoms with van der Waals surface area (Å²) in [6, 6.07) is 8.42. The quantitative estimate of drug-likeness (QED) is 0.828. The summed E-state index contributed by atoms with van der Waals surface area (Å²) in [5.74, 6) is 0.000118. The lowest BCUT2D eigenvalue weighted by molar-refractivity contribution is -0.162. The van der Waals surface area contributed by atoms with Crippen molar-refractivity contribution in [2.75, 3.05) is 31.1 Å². The van der Waals surface area contributed by atoms with Gasteiger partial charge in [-0.25, -0.2) is 0 Å². The van der Waals surface area contributed by atoms with Crippen LogP contribution in [-0.4, -0.2) is 43.2 Å². The summed E-state index contributed by atoms with van der Waals surface area (Å²) in [7, 11) is 0. The number of likely N-dealkylation sites (tertiary alicyclic amines) is 1. The van der Waals surface area contributed by atoms with Gasteiger partial charge in [-0.3, -0.25) is 4.79 Å². The Kier molecular flexibility index (Phi) is 3.96. The van der Waals surface area contributed by atoms with Gasteiger partial charge in [-0.05, 0) is 43.2 Å². The average Bonchev–Trinajstić information content (AvgIpc) is 3.32. The van der Waals surface area contributed by atoms with Crippen LogP contribution in [-0.2, 0) is 10.2 Å². The van der Waals surface area contributed by atoms with Crippen LogP contribution >= 0.6 is 0 Å². The van der Waals surface area contributed by atoms with Gasteiger partial charge in [0.1, 0.15) is 6.42 Å². The predicted molar refractivity (Wildman–Crippen MR) is 89.5 cm³/mol. The molecule has 0 radical (unpaired) electrons. The van der Waals surface area contributed by atoms with Gasteiger partial charge in [-0.15, -0.1) is 0 Å². The second-order valence-corrected chi connectivity index (χ2v) is 7.79. The van der Waals surface area contributed by atoms with Gasteiger partial charge in [0.05, 0.1) is 0 Å². The standard InChI is InChI=1S/C19H23F3N2O/c20-19(21,22)11-17(25)23-9-7-18(8-10-23)13-24(12-14-5-6-14)16-4-2-1-3-15(16)18/h1-4,14H,5-13H2. The minimum atomic E-state index is -4.42. The molecule has 2 heterocycles. The Labute approximate surface area is 145 Å². The molecule has 0 atom stereocenters. The molecule has 1 amide bonds. The summed E-state index contributed by atoms with van der Waals surface area (Å²) in [6.07, 6.45) is -1.68. The number of nitrogens with zero attached hydrogens (tertiary/aromatic N) is 2. The van der Waals surface area contributed by atoms with Crippen molar-refractivity contribution in [1.82, 2.24) is 4.90 Å². The van der Waals surface area contributed by atoms with Gasteiger partial charge in [0.25, 0.3) is 0 Å². The van der Waals surface area contributed by atoms with Crippen molar-refractivity contribution in [3.8, 4) is 0 Å². The number of amides is 1. The molecule has 2 fully saturated rings. The molecular weight excluding hydrogens is 329 g/mol. The normalized spacial score (nSPS) is 22.4. The van der Waals surface area contributed by atoms with Crippen LogP contribution in [0.2, 0.25) is 0 Å². The van der Waals surface area contributed by atoms with E-state index in [4.69, 9.17) is 0 Å². The fraction of sp³-hybridized carbons (Fsp3) is 0.632. The molecule has 0 unspecified atom stereocenters. The van der Waals surface area contributed by atoms with Crippen molar-refractivity contribution in [3.63, 3.8) is 0 Å². The van der Waals surface area contributed by atoms with Gasteiger partial charge in [0.15, 0.2) is 0 Å². The van der Waals surface area contributed by atoms with Crippen LogP contribution < -0.4 is 4.90 Å². The fourth-order valence-corrected chi connectivity index (χ4v) is 4.40. The lowest BCUT2D eigenvalue weighted by atomic mass is 9.74. The van der Waals surface area contributed by atoms with Crippen molar-refractivity contribution in [3.05, 3.63) is 29.8 Å². The first-order valence-corrected chi connectivity index (χ1v) is 9.05. The van der Waals surface area contributed by atoms with E-state index in [1.54, 1.807) is 0 Å². The maximum atomic E-state index is 12.5. The highest BCUT2D eigenvalue weighted by Gasteiger charge is 2.46. The monoisotopic (exact) mass is 352 g/mol. The van der Waals surface area contributed by atoms with Crippen molar-refractivity contribution in [1.29, 1.82) is 0 Å². The van der Waals surface area contributed by atoms with Gasteiger partial charge < -0.3 is 9.80 Å². The molecule has 0 bridgehead atoms. The van der Waals surface area contributed by atoms with E-state index in [9.17, 15) is 18.0 Å². The predicted octanol–water partition coefficient (Wildman–Crippen LogP) is 3.73. The van der Waals surface area contributed by atoms with Crippen LogP contribution in [0.5, 0.6) is 0 Å². The Hall–Kier alpha value is -1.72. The van der Waals surface area contributed by atoms with Gasteiger partial charge in [0, 0.05) is 37.3 Å². The van der Waals surface area contributed by atoms with Crippen LogP contribution in [0.1, 0.15) is 37.7 Å². The number of fused-ring (bicyclic) bond motifs is 2. The number of carbonyl (C=O) groups excluding carboxylic acids is 1. The molecule has 0 aromatic heterocycles. The van der Waals surface area contributed by atoms with Crippen LogP contribution in [0.4, 0.5) is 18.9 Å². The second kappa shape index (κ2) is 5.92. The number of hydrogen-bond acceptors (Lipinski definition) is 2. The SMILES string of the molecule is O=C(CC(F)(F)F)N1CCC2(CC1)CN(CC1CC1)c1ccccc12. The number of piperidine rings is 1. The van der Waals surface area contributed by atoms with Crippen molar-refractivity contribution in [2.45, 2.75) is 43.7 Å². The third-order valence-corrected chi connectivity index (χ3v) is 5.91. The number of rotatable bonds is 3. The molecule has 1 spiro atoms. The molecule has 1 aromatic carbocycles. The Balaban J connectivity index is 1.48. The number of benzene rings is 1. The van der Waals surface area contributed by atoms with Crippen molar-refractivity contribution < 1.29 is 18.0 Å². The summed E-state index contributed by atoms with van der Waals surface area (Å²) in [5, 5.41) is 0. The van der Waals surface area contributed by atoms with Crippen LogP contribution in [0.3, 0.4) is 0 Å². The first-order chi connectivity index (χ1) is 11.9. The average molecular weight is 352 g/mol. The zero-order chi connectivity index (χ0) is 17.7. The summed E-state index contributed by atoms with van der Waals surface area (Å²) >= 11 is 0. The van der Waals surface area contributed by atoms with E-state index in [1.165, 1.54) is 29.0 Å². The Bertz CT molecular complexity index is 661. The van der Waals surface area contributed by atoms with Crippen LogP contribution in [0.15, 0.2) is 24.3 Å². The first-order valence-electron chi connectivity index (χ1n) is 9.05. The van der Waals surface area contributed by atoms with Crippen LogP contribution in [0.25, 0.3) is 0 Å². The fourth-order valence-electron chi connectivity index (χ4n) is 4.40. The Morgan fingerprint density at radius 3 is 2.48 bits per heavy atom. The highest BCUT2D eigenvalue weighted by Crippen LogP contribution is 2.48. The number of alkyl halides is 3. The van der Waals surface area contributed by atoms with Crippen molar-refractivity contribution >= 4 is 11.6 Å². The lowest BCUT2D eigenvalue weighted by Gasteiger charge is -2.40. The lowest BCUT2D eigenvalue weighted by Crippen LogP contribution is -2.48. The zero-order valence-electron chi connectivity index (χ0n) is 14.2. The maximum Gasteiger partial charge on any atom is 0.397 e. The summed E-state index contributed by atoms with van der Waals surface area (Å²) in [4.78, 5) is 15.7. The summed E-state index contributed by atoms with van der Waals surface area (Å²) < 4.78 is 37.4. The topological polar surface area (TPSA) is 23.6 Å². The Morgan fingerprint density at radius 1 is 1.16 bits per heavy atom. The van der Waals surface area contributed by atoms with Gasteiger partial charge >= 0.3 is 6.18 Å². The van der Waals surface area contributed by atoms with Gasteiger partial charge in [-0.2, -0.15) is 13.2 Å². The minimum absolute atomic E-state index is 0.0134. The largest absolute Gasteiger partial charge is 0.397 e. The van der Waals surface area contributed by atoms with Crippen molar-refractivity contribution in [2.24, 2.45) is 5.92 Å². The van der Waals surface area contributed by atoms with Gasteiger partial charge in [0.2, 0.25) is 5.91 Å². The molecule has 25 heavy (non-hydrogen) atoms. The van der Waals surface area contributed by atoms with E-state index in [2.05, 4.69) is 23.1 Å². The smallest absolute Gasteiger partial charge is 0.370 e. The number of hydrogen-bond donors (Lipinski definition) is 0. The molecule has 4 rings (SSSR count). The van der Waals surface area contributed by atoms with E-state index in [-0.39, 0.29) is 5.41 Å². The van der Waals surface area contributed by atoms with E-state index >= 15 is 0 Å².